The first-order valence-electron chi connectivity index (χ1n) is 7.76. The van der Waals surface area contributed by atoms with Crippen LogP contribution in [0.25, 0.3) is 0 Å². The van der Waals surface area contributed by atoms with Crippen molar-refractivity contribution in [3.05, 3.63) is 69.1 Å². The minimum atomic E-state index is -0.479. The zero-order valence-electron chi connectivity index (χ0n) is 12.8. The van der Waals surface area contributed by atoms with Crippen molar-refractivity contribution in [3.63, 3.8) is 0 Å². The van der Waals surface area contributed by atoms with Crippen molar-refractivity contribution in [3.8, 4) is 0 Å². The number of fused-ring (bicyclic) bond motifs is 1. The molecule has 3 heteroatoms. The number of allylic oxidation sites excluding steroid dienone is 4. The molecule has 2 nitrogen and oxygen atoms in total. The van der Waals surface area contributed by atoms with Gasteiger partial charge in [-0.25, -0.2) is 0 Å². The quantitative estimate of drug-likeness (QED) is 0.547. The van der Waals surface area contributed by atoms with Gasteiger partial charge in [-0.2, -0.15) is 0 Å². The summed E-state index contributed by atoms with van der Waals surface area (Å²) in [6, 6.07) is 6.50. The van der Waals surface area contributed by atoms with Gasteiger partial charge < -0.3 is 9.69 Å². The fourth-order valence-electron chi connectivity index (χ4n) is 3.28. The molecule has 1 aromatic rings. The molecule has 1 aliphatic heterocycles. The van der Waals surface area contributed by atoms with Crippen LogP contribution in [0.15, 0.2) is 54.4 Å². The molecule has 1 atom stereocenters. The lowest BCUT2D eigenvalue weighted by Crippen LogP contribution is -2.47. The highest BCUT2D eigenvalue weighted by Crippen LogP contribution is 2.37. The van der Waals surface area contributed by atoms with Crippen molar-refractivity contribution in [1.82, 2.24) is 4.90 Å². The SMILES string of the molecule is CCC/C=C1\C=CC=CN1C1(C=O)Cc2ccc(I)cc2C1. The molecule has 1 aromatic carbocycles. The molecule has 0 saturated heterocycles. The first kappa shape index (κ1) is 15.5. The molecule has 0 saturated carbocycles. The Morgan fingerprint density at radius 3 is 2.86 bits per heavy atom. The van der Waals surface area contributed by atoms with E-state index in [1.807, 2.05) is 18.4 Å². The number of aldehydes is 1. The van der Waals surface area contributed by atoms with E-state index in [1.165, 1.54) is 14.7 Å². The lowest BCUT2D eigenvalue weighted by molar-refractivity contribution is -0.115. The van der Waals surface area contributed by atoms with Crippen molar-refractivity contribution < 1.29 is 4.79 Å². The third-order valence-corrected chi connectivity index (χ3v) is 5.07. The van der Waals surface area contributed by atoms with Gasteiger partial charge in [-0.3, -0.25) is 0 Å². The second kappa shape index (κ2) is 6.41. The Bertz CT molecular complexity index is 674. The molecule has 0 N–H and O–H groups in total. The van der Waals surface area contributed by atoms with Gasteiger partial charge in [0.15, 0.2) is 0 Å². The normalized spacial score (nSPS) is 24.8. The van der Waals surface area contributed by atoms with Crippen LogP contribution < -0.4 is 0 Å². The van der Waals surface area contributed by atoms with E-state index in [4.69, 9.17) is 0 Å². The topological polar surface area (TPSA) is 20.3 Å². The summed E-state index contributed by atoms with van der Waals surface area (Å²) in [5, 5.41) is 0. The van der Waals surface area contributed by atoms with Gasteiger partial charge in [0.25, 0.3) is 0 Å². The third kappa shape index (κ3) is 2.78. The Morgan fingerprint density at radius 2 is 2.09 bits per heavy atom. The van der Waals surface area contributed by atoms with Crippen molar-refractivity contribution in [2.24, 2.45) is 0 Å². The summed E-state index contributed by atoms with van der Waals surface area (Å²) in [6.07, 6.45) is 15.3. The summed E-state index contributed by atoms with van der Waals surface area (Å²) in [6.45, 7) is 2.17. The van der Waals surface area contributed by atoms with E-state index >= 15 is 0 Å². The summed E-state index contributed by atoms with van der Waals surface area (Å²) in [7, 11) is 0. The Morgan fingerprint density at radius 1 is 1.27 bits per heavy atom. The van der Waals surface area contributed by atoms with Crippen molar-refractivity contribution in [2.45, 2.75) is 38.1 Å². The van der Waals surface area contributed by atoms with Crippen molar-refractivity contribution in [2.75, 3.05) is 0 Å². The third-order valence-electron chi connectivity index (χ3n) is 4.39. The molecule has 0 fully saturated rings. The first-order chi connectivity index (χ1) is 10.7. The summed E-state index contributed by atoms with van der Waals surface area (Å²) in [5.41, 5.74) is 3.26. The van der Waals surface area contributed by atoms with Crippen molar-refractivity contribution >= 4 is 28.9 Å². The maximum Gasteiger partial charge on any atom is 0.146 e. The van der Waals surface area contributed by atoms with Gasteiger partial charge in [-0.15, -0.1) is 0 Å². The molecule has 0 bridgehead atoms. The van der Waals surface area contributed by atoms with Crippen LogP contribution in [0.1, 0.15) is 30.9 Å². The lowest BCUT2D eigenvalue weighted by atomic mass is 9.93. The van der Waals surface area contributed by atoms with Crippen LogP contribution in [0.4, 0.5) is 0 Å². The molecular weight excluding hydrogens is 385 g/mol. The summed E-state index contributed by atoms with van der Waals surface area (Å²) < 4.78 is 1.23. The van der Waals surface area contributed by atoms with E-state index in [0.29, 0.717) is 0 Å². The molecule has 0 aromatic heterocycles. The van der Waals surface area contributed by atoms with Crippen LogP contribution in [0, 0.1) is 3.57 Å². The van der Waals surface area contributed by atoms with Crippen molar-refractivity contribution in [1.29, 1.82) is 0 Å². The second-order valence-corrected chi connectivity index (χ2v) is 7.22. The highest BCUT2D eigenvalue weighted by Gasteiger charge is 2.42. The predicted octanol–water partition coefficient (Wildman–Crippen LogP) is 4.40. The van der Waals surface area contributed by atoms with Crippen LogP contribution >= 0.6 is 22.6 Å². The highest BCUT2D eigenvalue weighted by atomic mass is 127. The van der Waals surface area contributed by atoms with E-state index in [0.717, 1.165) is 37.7 Å². The van der Waals surface area contributed by atoms with E-state index in [1.54, 1.807) is 0 Å². The molecule has 22 heavy (non-hydrogen) atoms. The zero-order valence-corrected chi connectivity index (χ0v) is 14.9. The summed E-state index contributed by atoms with van der Waals surface area (Å²) in [5.74, 6) is 0. The van der Waals surface area contributed by atoms with Crippen LogP contribution in [0.3, 0.4) is 0 Å². The van der Waals surface area contributed by atoms with E-state index < -0.39 is 5.54 Å². The fourth-order valence-corrected chi connectivity index (χ4v) is 3.84. The molecule has 0 amide bonds. The Labute approximate surface area is 145 Å². The number of hydrogen-bond donors (Lipinski definition) is 0. The molecule has 1 unspecified atom stereocenters. The van der Waals surface area contributed by atoms with Gasteiger partial charge in [0.1, 0.15) is 11.8 Å². The van der Waals surface area contributed by atoms with E-state index in [2.05, 4.69) is 64.8 Å². The summed E-state index contributed by atoms with van der Waals surface area (Å²) >= 11 is 2.34. The second-order valence-electron chi connectivity index (χ2n) is 5.98. The monoisotopic (exact) mass is 405 g/mol. The fraction of sp³-hybridized carbons (Fsp3) is 0.316. The smallest absolute Gasteiger partial charge is 0.146 e. The maximum atomic E-state index is 12.1. The standard InChI is InChI=1S/C19H20INO/c1-2-3-6-18-7-4-5-10-21(18)19(14-22)12-15-8-9-17(20)11-16(15)13-19/h4-11,14H,2-3,12-13H2,1H3/b18-6+. The highest BCUT2D eigenvalue weighted by molar-refractivity contribution is 14.1. The largest absolute Gasteiger partial charge is 0.335 e. The number of nitrogens with zero attached hydrogens (tertiary/aromatic N) is 1. The number of benzene rings is 1. The molecule has 114 valence electrons. The van der Waals surface area contributed by atoms with Gasteiger partial charge in [-0.1, -0.05) is 31.6 Å². The number of hydrogen-bond acceptors (Lipinski definition) is 2. The molecule has 1 aliphatic carbocycles. The van der Waals surface area contributed by atoms with E-state index in [9.17, 15) is 4.79 Å². The number of rotatable bonds is 4. The number of halogens is 1. The minimum Gasteiger partial charge on any atom is -0.335 e. The lowest BCUT2D eigenvalue weighted by Gasteiger charge is -2.38. The molecule has 1 heterocycles. The van der Waals surface area contributed by atoms with Crippen LogP contribution in [0.5, 0.6) is 0 Å². The molecular formula is C19H20INO. The average Bonchev–Trinajstić information content (AvgIpc) is 2.92. The Balaban J connectivity index is 1.96. The minimum absolute atomic E-state index is 0.479. The average molecular weight is 405 g/mol. The maximum absolute atomic E-state index is 12.1. The summed E-state index contributed by atoms with van der Waals surface area (Å²) in [4.78, 5) is 14.2. The first-order valence-corrected chi connectivity index (χ1v) is 8.84. The van der Waals surface area contributed by atoms with E-state index in [-0.39, 0.29) is 0 Å². The Kier molecular flexibility index (Phi) is 4.52. The van der Waals surface area contributed by atoms with Crippen LogP contribution in [-0.4, -0.2) is 16.7 Å². The zero-order chi connectivity index (χ0) is 15.6. The number of carbonyl (C=O) groups is 1. The van der Waals surface area contributed by atoms with Crippen LogP contribution in [-0.2, 0) is 17.6 Å². The molecule has 0 spiro atoms. The number of unbranched alkanes of at least 4 members (excludes halogenated alkanes) is 1. The van der Waals surface area contributed by atoms with Gasteiger partial charge in [0.2, 0.25) is 0 Å². The Hall–Kier alpha value is -1.36. The molecule has 2 aliphatic rings. The van der Waals surface area contributed by atoms with Gasteiger partial charge >= 0.3 is 0 Å². The van der Waals surface area contributed by atoms with Gasteiger partial charge in [0, 0.05) is 28.3 Å². The number of carbonyl (C=O) groups excluding carboxylic acids is 1. The van der Waals surface area contributed by atoms with Gasteiger partial charge in [-0.05, 0) is 64.4 Å². The van der Waals surface area contributed by atoms with Crippen LogP contribution in [0.2, 0.25) is 0 Å². The predicted molar refractivity (Wildman–Crippen MR) is 98.5 cm³/mol. The molecule has 3 rings (SSSR count). The van der Waals surface area contributed by atoms with Gasteiger partial charge in [0.05, 0.1) is 0 Å². The molecule has 0 radical (unpaired) electrons.